The quantitative estimate of drug-likeness (QED) is 0.872. The summed E-state index contributed by atoms with van der Waals surface area (Å²) in [6, 6.07) is 2.70. The second-order valence-electron chi connectivity index (χ2n) is 6.06. The Labute approximate surface area is 126 Å². The highest BCUT2D eigenvalue weighted by molar-refractivity contribution is 7.07. The Kier molecular flexibility index (Phi) is 5.61. The topological polar surface area (TPSA) is 46.3 Å². The first-order valence-corrected chi connectivity index (χ1v) is 8.62. The Morgan fingerprint density at radius 3 is 2.95 bits per heavy atom. The van der Waals surface area contributed by atoms with Crippen molar-refractivity contribution in [1.82, 2.24) is 4.90 Å². The number of amides is 1. The van der Waals surface area contributed by atoms with Crippen molar-refractivity contribution in [3.8, 4) is 0 Å². The van der Waals surface area contributed by atoms with Gasteiger partial charge in [0.25, 0.3) is 0 Å². The minimum Gasteiger partial charge on any atom is -0.335 e. The molecule has 2 heterocycles. The zero-order valence-electron chi connectivity index (χ0n) is 12.5. The predicted octanol–water partition coefficient (Wildman–Crippen LogP) is 3.57. The largest absolute Gasteiger partial charge is 0.335 e. The van der Waals surface area contributed by atoms with E-state index >= 15 is 0 Å². The molecule has 0 radical (unpaired) electrons. The van der Waals surface area contributed by atoms with E-state index in [1.54, 1.807) is 11.3 Å². The van der Waals surface area contributed by atoms with Gasteiger partial charge in [-0.2, -0.15) is 11.3 Å². The van der Waals surface area contributed by atoms with Crippen molar-refractivity contribution in [3.63, 3.8) is 0 Å². The lowest BCUT2D eigenvalue weighted by molar-refractivity contribution is -0.136. The van der Waals surface area contributed by atoms with E-state index in [4.69, 9.17) is 5.73 Å². The molecule has 2 N–H and O–H groups in total. The van der Waals surface area contributed by atoms with Gasteiger partial charge in [0.2, 0.25) is 5.91 Å². The first-order valence-electron chi connectivity index (χ1n) is 7.67. The maximum atomic E-state index is 12.6. The Morgan fingerprint density at radius 1 is 1.50 bits per heavy atom. The number of likely N-dealkylation sites (tertiary alicyclic amines) is 1. The van der Waals surface area contributed by atoms with Gasteiger partial charge in [-0.05, 0) is 55.0 Å². The average molecular weight is 294 g/mol. The molecule has 0 spiro atoms. The Hall–Kier alpha value is -0.870. The van der Waals surface area contributed by atoms with Crippen LogP contribution in [0.4, 0.5) is 0 Å². The number of carbonyl (C=O) groups excluding carboxylic acids is 1. The zero-order chi connectivity index (χ0) is 14.5. The van der Waals surface area contributed by atoms with Crippen LogP contribution in [-0.4, -0.2) is 23.4 Å². The summed E-state index contributed by atoms with van der Waals surface area (Å²) in [5.74, 6) is 0.441. The van der Waals surface area contributed by atoms with Gasteiger partial charge in [0.05, 0.1) is 6.04 Å². The number of hydrogen-bond donors (Lipinski definition) is 1. The van der Waals surface area contributed by atoms with Crippen LogP contribution in [0.2, 0.25) is 0 Å². The fourth-order valence-electron chi connectivity index (χ4n) is 2.99. The van der Waals surface area contributed by atoms with E-state index in [9.17, 15) is 4.79 Å². The highest BCUT2D eigenvalue weighted by Gasteiger charge is 2.32. The Balaban J connectivity index is 1.90. The standard InChI is InChI=1S/C16H26N2OS/c1-12(5-3-6-13(2)17)16(19)18-9-4-7-15(18)14-8-10-20-11-14/h8,10-13,15H,3-7,9,17H2,1-2H3. The number of nitrogens with two attached hydrogens (primary N) is 1. The molecule has 1 aromatic heterocycles. The molecule has 3 atom stereocenters. The third-order valence-electron chi connectivity index (χ3n) is 4.18. The first-order chi connectivity index (χ1) is 9.59. The van der Waals surface area contributed by atoms with E-state index < -0.39 is 0 Å². The van der Waals surface area contributed by atoms with Crippen molar-refractivity contribution in [3.05, 3.63) is 22.4 Å². The van der Waals surface area contributed by atoms with Crippen molar-refractivity contribution >= 4 is 17.2 Å². The maximum Gasteiger partial charge on any atom is 0.225 e. The fourth-order valence-corrected chi connectivity index (χ4v) is 3.70. The SMILES string of the molecule is CC(N)CCCC(C)C(=O)N1CCCC1c1ccsc1. The Morgan fingerprint density at radius 2 is 2.30 bits per heavy atom. The smallest absolute Gasteiger partial charge is 0.225 e. The van der Waals surface area contributed by atoms with Crippen molar-refractivity contribution in [2.45, 2.75) is 58.0 Å². The molecule has 2 rings (SSSR count). The van der Waals surface area contributed by atoms with E-state index in [0.29, 0.717) is 11.9 Å². The number of thiophene rings is 1. The van der Waals surface area contributed by atoms with Gasteiger partial charge < -0.3 is 10.6 Å². The van der Waals surface area contributed by atoms with Gasteiger partial charge >= 0.3 is 0 Å². The lowest BCUT2D eigenvalue weighted by atomic mass is 9.99. The second-order valence-corrected chi connectivity index (χ2v) is 6.84. The molecule has 1 saturated heterocycles. The van der Waals surface area contributed by atoms with Crippen LogP contribution >= 0.6 is 11.3 Å². The van der Waals surface area contributed by atoms with Gasteiger partial charge in [0, 0.05) is 18.5 Å². The molecule has 4 heteroatoms. The molecule has 0 bridgehead atoms. The van der Waals surface area contributed by atoms with Crippen LogP contribution in [0, 0.1) is 5.92 Å². The minimum absolute atomic E-state index is 0.119. The number of rotatable bonds is 6. The summed E-state index contributed by atoms with van der Waals surface area (Å²) in [6.07, 6.45) is 5.23. The molecule has 1 aromatic rings. The molecular weight excluding hydrogens is 268 g/mol. The second kappa shape index (κ2) is 7.23. The summed E-state index contributed by atoms with van der Waals surface area (Å²) in [5.41, 5.74) is 7.08. The van der Waals surface area contributed by atoms with E-state index in [0.717, 1.165) is 38.6 Å². The molecule has 3 nitrogen and oxygen atoms in total. The number of carbonyl (C=O) groups is 1. The summed E-state index contributed by atoms with van der Waals surface area (Å²) in [7, 11) is 0. The lowest BCUT2D eigenvalue weighted by Gasteiger charge is -2.27. The molecule has 112 valence electrons. The highest BCUT2D eigenvalue weighted by atomic mass is 32.1. The molecule has 1 amide bonds. The van der Waals surface area contributed by atoms with Gasteiger partial charge in [-0.25, -0.2) is 0 Å². The normalized spacial score (nSPS) is 21.9. The van der Waals surface area contributed by atoms with Crippen molar-refractivity contribution in [2.75, 3.05) is 6.54 Å². The minimum atomic E-state index is 0.119. The fraction of sp³-hybridized carbons (Fsp3) is 0.688. The van der Waals surface area contributed by atoms with E-state index in [-0.39, 0.29) is 12.0 Å². The van der Waals surface area contributed by atoms with Crippen molar-refractivity contribution in [2.24, 2.45) is 11.7 Å². The maximum absolute atomic E-state index is 12.6. The zero-order valence-corrected chi connectivity index (χ0v) is 13.4. The average Bonchev–Trinajstić information content (AvgIpc) is 3.07. The molecule has 1 fully saturated rings. The van der Waals surface area contributed by atoms with Gasteiger partial charge in [-0.3, -0.25) is 4.79 Å². The predicted molar refractivity (Wildman–Crippen MR) is 84.7 cm³/mol. The molecule has 0 aromatic carbocycles. The van der Waals surface area contributed by atoms with E-state index in [1.165, 1.54) is 5.56 Å². The monoisotopic (exact) mass is 294 g/mol. The summed E-state index contributed by atoms with van der Waals surface area (Å²) in [5, 5.41) is 4.28. The summed E-state index contributed by atoms with van der Waals surface area (Å²) in [6.45, 7) is 5.00. The molecule has 1 aliphatic heterocycles. The summed E-state index contributed by atoms with van der Waals surface area (Å²) < 4.78 is 0. The van der Waals surface area contributed by atoms with Crippen LogP contribution in [0.3, 0.4) is 0 Å². The third-order valence-corrected chi connectivity index (χ3v) is 4.88. The van der Waals surface area contributed by atoms with Crippen LogP contribution in [-0.2, 0) is 4.79 Å². The molecule has 0 aliphatic carbocycles. The van der Waals surface area contributed by atoms with Gasteiger partial charge in [-0.15, -0.1) is 0 Å². The molecule has 3 unspecified atom stereocenters. The van der Waals surface area contributed by atoms with Crippen LogP contribution in [0.5, 0.6) is 0 Å². The van der Waals surface area contributed by atoms with Crippen LogP contribution < -0.4 is 5.73 Å². The number of hydrogen-bond acceptors (Lipinski definition) is 3. The van der Waals surface area contributed by atoms with E-state index in [1.807, 2.05) is 6.92 Å². The van der Waals surface area contributed by atoms with Crippen LogP contribution in [0.15, 0.2) is 16.8 Å². The lowest BCUT2D eigenvalue weighted by Crippen LogP contribution is -2.34. The van der Waals surface area contributed by atoms with Crippen molar-refractivity contribution in [1.29, 1.82) is 0 Å². The molecule has 0 saturated carbocycles. The first kappa shape index (κ1) is 15.5. The molecule has 1 aliphatic rings. The summed E-state index contributed by atoms with van der Waals surface area (Å²) >= 11 is 1.71. The molecular formula is C16H26N2OS. The Bertz CT molecular complexity index is 416. The summed E-state index contributed by atoms with van der Waals surface area (Å²) in [4.78, 5) is 14.7. The van der Waals surface area contributed by atoms with Gasteiger partial charge in [0.1, 0.15) is 0 Å². The van der Waals surface area contributed by atoms with Gasteiger partial charge in [0.15, 0.2) is 0 Å². The van der Waals surface area contributed by atoms with E-state index in [2.05, 4.69) is 28.7 Å². The molecule has 20 heavy (non-hydrogen) atoms. The van der Waals surface area contributed by atoms with Crippen LogP contribution in [0.1, 0.15) is 57.6 Å². The highest BCUT2D eigenvalue weighted by Crippen LogP contribution is 2.34. The van der Waals surface area contributed by atoms with Crippen molar-refractivity contribution < 1.29 is 4.79 Å². The van der Waals surface area contributed by atoms with Crippen LogP contribution in [0.25, 0.3) is 0 Å². The third kappa shape index (κ3) is 3.83. The van der Waals surface area contributed by atoms with Gasteiger partial charge in [-0.1, -0.05) is 13.3 Å². The number of nitrogens with zero attached hydrogens (tertiary/aromatic N) is 1.